The molecule has 0 aliphatic heterocycles. The molecule has 0 saturated carbocycles. The van der Waals surface area contributed by atoms with Crippen molar-refractivity contribution in [2.75, 3.05) is 13.6 Å². The average Bonchev–Trinajstić information content (AvgIpc) is 2.27. The van der Waals surface area contributed by atoms with Crippen LogP contribution in [0.5, 0.6) is 0 Å². The smallest absolute Gasteiger partial charge is 0.123 e. The first kappa shape index (κ1) is 15.2. The third-order valence-corrected chi connectivity index (χ3v) is 3.27. The van der Waals surface area contributed by atoms with Gasteiger partial charge >= 0.3 is 0 Å². The Hall–Kier alpha value is -0.890. The number of nitrogens with one attached hydrogen (secondary N) is 1. The van der Waals surface area contributed by atoms with Crippen LogP contribution in [0.25, 0.3) is 0 Å². The van der Waals surface area contributed by atoms with Crippen molar-refractivity contribution in [1.29, 1.82) is 0 Å². The van der Waals surface area contributed by atoms with Crippen molar-refractivity contribution in [2.45, 2.75) is 46.0 Å². The predicted octanol–water partition coefficient (Wildman–Crippen LogP) is 4.35. The molecule has 1 rings (SSSR count). The molecule has 0 aromatic heterocycles. The highest BCUT2D eigenvalue weighted by Gasteiger charge is 2.14. The Kier molecular flexibility index (Phi) is 5.80. The number of rotatable bonds is 6. The molecule has 0 amide bonds. The molecule has 0 radical (unpaired) electrons. The van der Waals surface area contributed by atoms with Gasteiger partial charge in [0.25, 0.3) is 0 Å². The number of hydrogen-bond acceptors (Lipinski definition) is 1. The highest BCUT2D eigenvalue weighted by atomic mass is 19.1. The Morgan fingerprint density at radius 1 is 1.17 bits per heavy atom. The number of hydrogen-bond donors (Lipinski definition) is 1. The fourth-order valence-electron chi connectivity index (χ4n) is 2.25. The quantitative estimate of drug-likeness (QED) is 0.792. The zero-order valence-corrected chi connectivity index (χ0v) is 12.1. The summed E-state index contributed by atoms with van der Waals surface area (Å²) in [6.07, 6.45) is 3.60. The second-order valence-electron chi connectivity index (χ2n) is 6.26. The summed E-state index contributed by atoms with van der Waals surface area (Å²) in [5.74, 6) is 0.328. The highest BCUT2D eigenvalue weighted by molar-refractivity contribution is 5.20. The molecule has 2 heteroatoms. The van der Waals surface area contributed by atoms with Gasteiger partial charge in [-0.25, -0.2) is 4.39 Å². The average molecular weight is 251 g/mol. The molecule has 1 N–H and O–H groups in total. The second kappa shape index (κ2) is 6.89. The minimum absolute atomic E-state index is 0.156. The van der Waals surface area contributed by atoms with E-state index < -0.39 is 0 Å². The summed E-state index contributed by atoms with van der Waals surface area (Å²) >= 11 is 0. The van der Waals surface area contributed by atoms with E-state index >= 15 is 0 Å². The fourth-order valence-corrected chi connectivity index (χ4v) is 2.25. The Labute approximate surface area is 111 Å². The van der Waals surface area contributed by atoms with E-state index in [1.54, 1.807) is 12.1 Å². The van der Waals surface area contributed by atoms with Crippen LogP contribution in [0.3, 0.4) is 0 Å². The molecule has 0 bridgehead atoms. The van der Waals surface area contributed by atoms with E-state index in [1.807, 2.05) is 19.2 Å². The van der Waals surface area contributed by atoms with Crippen LogP contribution >= 0.6 is 0 Å². The second-order valence-corrected chi connectivity index (χ2v) is 6.26. The van der Waals surface area contributed by atoms with Gasteiger partial charge in [0.05, 0.1) is 0 Å². The fraction of sp³-hybridized carbons (Fsp3) is 0.625. The molecule has 0 spiro atoms. The number of benzene rings is 1. The van der Waals surface area contributed by atoms with E-state index in [1.165, 1.54) is 18.4 Å². The molecule has 0 aliphatic carbocycles. The van der Waals surface area contributed by atoms with Crippen LogP contribution in [0.2, 0.25) is 0 Å². The summed E-state index contributed by atoms with van der Waals surface area (Å²) in [5.41, 5.74) is 1.63. The Morgan fingerprint density at radius 3 is 2.28 bits per heavy atom. The van der Waals surface area contributed by atoms with Crippen molar-refractivity contribution < 1.29 is 4.39 Å². The summed E-state index contributed by atoms with van der Waals surface area (Å²) in [6.45, 7) is 7.78. The monoisotopic (exact) mass is 251 g/mol. The molecule has 1 atom stereocenters. The van der Waals surface area contributed by atoms with E-state index in [-0.39, 0.29) is 5.82 Å². The summed E-state index contributed by atoms with van der Waals surface area (Å²) < 4.78 is 12.9. The first-order valence-corrected chi connectivity index (χ1v) is 6.82. The lowest BCUT2D eigenvalue weighted by Gasteiger charge is -2.21. The number of halogens is 1. The van der Waals surface area contributed by atoms with Gasteiger partial charge in [-0.3, -0.25) is 0 Å². The molecule has 1 aromatic carbocycles. The molecule has 1 nitrogen and oxygen atoms in total. The maximum absolute atomic E-state index is 12.9. The largest absolute Gasteiger partial charge is 0.319 e. The van der Waals surface area contributed by atoms with Crippen molar-refractivity contribution in [3.8, 4) is 0 Å². The molecule has 1 unspecified atom stereocenters. The van der Waals surface area contributed by atoms with Crippen molar-refractivity contribution in [3.63, 3.8) is 0 Å². The van der Waals surface area contributed by atoms with Gasteiger partial charge in [-0.15, -0.1) is 0 Å². The van der Waals surface area contributed by atoms with Gasteiger partial charge in [0, 0.05) is 6.54 Å². The van der Waals surface area contributed by atoms with Crippen LogP contribution in [-0.4, -0.2) is 13.6 Å². The zero-order chi connectivity index (χ0) is 13.6. The minimum Gasteiger partial charge on any atom is -0.319 e. The normalized spacial score (nSPS) is 13.6. The van der Waals surface area contributed by atoms with Crippen molar-refractivity contribution in [3.05, 3.63) is 35.6 Å². The van der Waals surface area contributed by atoms with Crippen LogP contribution < -0.4 is 5.32 Å². The molecule has 18 heavy (non-hydrogen) atoms. The Morgan fingerprint density at radius 2 is 1.78 bits per heavy atom. The van der Waals surface area contributed by atoms with Crippen LogP contribution in [-0.2, 0) is 0 Å². The maximum Gasteiger partial charge on any atom is 0.123 e. The minimum atomic E-state index is -0.156. The summed E-state index contributed by atoms with van der Waals surface area (Å²) in [5, 5.41) is 3.23. The molecule has 102 valence electrons. The lowest BCUT2D eigenvalue weighted by molar-refractivity contribution is 0.351. The molecular weight excluding hydrogens is 225 g/mol. The van der Waals surface area contributed by atoms with Gasteiger partial charge in [-0.05, 0) is 48.9 Å². The van der Waals surface area contributed by atoms with Gasteiger partial charge in [0.1, 0.15) is 5.82 Å². The topological polar surface area (TPSA) is 12.0 Å². The number of likely N-dealkylation sites (N-methyl/N-ethyl adjacent to an activating group) is 1. The molecule has 0 fully saturated rings. The van der Waals surface area contributed by atoms with Crippen molar-refractivity contribution in [1.82, 2.24) is 5.32 Å². The van der Waals surface area contributed by atoms with Gasteiger partial charge in [0.2, 0.25) is 0 Å². The van der Waals surface area contributed by atoms with E-state index in [9.17, 15) is 4.39 Å². The first-order chi connectivity index (χ1) is 8.42. The molecule has 1 aromatic rings. The van der Waals surface area contributed by atoms with E-state index in [4.69, 9.17) is 0 Å². The first-order valence-electron chi connectivity index (χ1n) is 6.82. The van der Waals surface area contributed by atoms with Crippen LogP contribution in [0.15, 0.2) is 24.3 Å². The van der Waals surface area contributed by atoms with Gasteiger partial charge < -0.3 is 5.32 Å². The van der Waals surface area contributed by atoms with E-state index in [2.05, 4.69) is 26.1 Å². The molecular formula is C16H26FN. The highest BCUT2D eigenvalue weighted by Crippen LogP contribution is 2.27. The molecule has 0 heterocycles. The summed E-state index contributed by atoms with van der Waals surface area (Å²) in [4.78, 5) is 0. The third-order valence-electron chi connectivity index (χ3n) is 3.27. The van der Waals surface area contributed by atoms with Gasteiger partial charge in [-0.1, -0.05) is 39.3 Å². The van der Waals surface area contributed by atoms with E-state index in [0.29, 0.717) is 11.3 Å². The van der Waals surface area contributed by atoms with Crippen LogP contribution in [0, 0.1) is 11.2 Å². The van der Waals surface area contributed by atoms with Crippen LogP contribution in [0.4, 0.5) is 4.39 Å². The van der Waals surface area contributed by atoms with Crippen LogP contribution in [0.1, 0.15) is 51.5 Å². The predicted molar refractivity (Wildman–Crippen MR) is 76.4 cm³/mol. The van der Waals surface area contributed by atoms with Crippen molar-refractivity contribution in [2.24, 2.45) is 5.41 Å². The van der Waals surface area contributed by atoms with Gasteiger partial charge in [-0.2, -0.15) is 0 Å². The standard InChI is InChI=1S/C16H26FN/c1-16(2,3)11-5-6-14(12-18-4)13-7-9-15(17)10-8-13/h7-10,14,18H,5-6,11-12H2,1-4H3. The lowest BCUT2D eigenvalue weighted by atomic mass is 9.86. The SMILES string of the molecule is CNCC(CCCC(C)(C)C)c1ccc(F)cc1. The Bertz CT molecular complexity index is 337. The zero-order valence-electron chi connectivity index (χ0n) is 12.1. The maximum atomic E-state index is 12.9. The lowest BCUT2D eigenvalue weighted by Crippen LogP contribution is -2.18. The van der Waals surface area contributed by atoms with Crippen molar-refractivity contribution >= 4 is 0 Å². The summed E-state index contributed by atoms with van der Waals surface area (Å²) in [6, 6.07) is 6.94. The van der Waals surface area contributed by atoms with Gasteiger partial charge in [0.15, 0.2) is 0 Å². The molecule has 0 aliphatic rings. The summed E-state index contributed by atoms with van der Waals surface area (Å²) in [7, 11) is 1.97. The molecule has 0 saturated heterocycles. The Balaban J connectivity index is 2.57. The van der Waals surface area contributed by atoms with E-state index in [0.717, 1.165) is 13.0 Å². The third kappa shape index (κ3) is 5.63.